The van der Waals surface area contributed by atoms with Crippen LogP contribution >= 0.6 is 0 Å². The molecule has 1 atom stereocenters. The second-order valence-corrected chi connectivity index (χ2v) is 7.31. The SMILES string of the molecule is CC(C)(C)C(=O)NCC(=O)NCC(c1ccccc1)N1CCOCC1. The van der Waals surface area contributed by atoms with Gasteiger partial charge in [-0.25, -0.2) is 0 Å². The van der Waals surface area contributed by atoms with Crippen molar-refractivity contribution in [2.24, 2.45) is 5.41 Å². The number of amides is 2. The van der Waals surface area contributed by atoms with Crippen molar-refractivity contribution in [2.75, 3.05) is 39.4 Å². The van der Waals surface area contributed by atoms with E-state index in [-0.39, 0.29) is 24.4 Å². The van der Waals surface area contributed by atoms with E-state index in [9.17, 15) is 9.59 Å². The molecule has 1 aromatic carbocycles. The predicted molar refractivity (Wildman–Crippen MR) is 97.0 cm³/mol. The molecule has 1 aromatic rings. The lowest BCUT2D eigenvalue weighted by Gasteiger charge is -2.35. The van der Waals surface area contributed by atoms with Gasteiger partial charge in [-0.2, -0.15) is 0 Å². The molecule has 0 radical (unpaired) electrons. The van der Waals surface area contributed by atoms with E-state index in [1.807, 2.05) is 39.0 Å². The average molecular weight is 347 g/mol. The van der Waals surface area contributed by atoms with Gasteiger partial charge in [-0.05, 0) is 5.56 Å². The molecule has 1 fully saturated rings. The van der Waals surface area contributed by atoms with Crippen LogP contribution in [0.15, 0.2) is 30.3 Å². The highest BCUT2D eigenvalue weighted by molar-refractivity contribution is 5.87. The van der Waals surface area contributed by atoms with Gasteiger partial charge in [0.05, 0.1) is 25.8 Å². The normalized spacial score (nSPS) is 16.9. The highest BCUT2D eigenvalue weighted by Crippen LogP contribution is 2.21. The molecule has 2 N–H and O–H groups in total. The minimum atomic E-state index is -0.499. The first-order valence-electron chi connectivity index (χ1n) is 8.79. The predicted octanol–water partition coefficient (Wildman–Crippen LogP) is 1.34. The molecule has 1 unspecified atom stereocenters. The highest BCUT2D eigenvalue weighted by atomic mass is 16.5. The average Bonchev–Trinajstić information content (AvgIpc) is 2.61. The largest absolute Gasteiger partial charge is 0.379 e. The Morgan fingerprint density at radius 3 is 2.36 bits per heavy atom. The molecule has 25 heavy (non-hydrogen) atoms. The summed E-state index contributed by atoms with van der Waals surface area (Å²) in [5, 5.41) is 5.63. The number of carbonyl (C=O) groups is 2. The number of ether oxygens (including phenoxy) is 1. The van der Waals surface area contributed by atoms with Crippen LogP contribution < -0.4 is 10.6 Å². The molecule has 0 spiro atoms. The van der Waals surface area contributed by atoms with Gasteiger partial charge in [0.1, 0.15) is 0 Å². The maximum Gasteiger partial charge on any atom is 0.239 e. The van der Waals surface area contributed by atoms with Gasteiger partial charge in [0.25, 0.3) is 0 Å². The first-order valence-corrected chi connectivity index (χ1v) is 8.79. The second kappa shape index (κ2) is 8.97. The van der Waals surface area contributed by atoms with Gasteiger partial charge in [0.2, 0.25) is 11.8 Å². The van der Waals surface area contributed by atoms with Gasteiger partial charge in [-0.3, -0.25) is 14.5 Å². The van der Waals surface area contributed by atoms with E-state index < -0.39 is 5.41 Å². The van der Waals surface area contributed by atoms with Crippen molar-refractivity contribution in [3.63, 3.8) is 0 Å². The third-order valence-electron chi connectivity index (χ3n) is 4.25. The monoisotopic (exact) mass is 347 g/mol. The summed E-state index contributed by atoms with van der Waals surface area (Å²) in [5.74, 6) is -0.303. The van der Waals surface area contributed by atoms with Crippen LogP contribution in [0.4, 0.5) is 0 Å². The van der Waals surface area contributed by atoms with Crippen molar-refractivity contribution in [2.45, 2.75) is 26.8 Å². The van der Waals surface area contributed by atoms with Crippen molar-refractivity contribution in [3.05, 3.63) is 35.9 Å². The number of nitrogens with one attached hydrogen (secondary N) is 2. The van der Waals surface area contributed by atoms with E-state index in [0.29, 0.717) is 19.8 Å². The van der Waals surface area contributed by atoms with Crippen LogP contribution in [0.25, 0.3) is 0 Å². The second-order valence-electron chi connectivity index (χ2n) is 7.31. The summed E-state index contributed by atoms with van der Waals surface area (Å²) in [4.78, 5) is 26.3. The topological polar surface area (TPSA) is 70.7 Å². The van der Waals surface area contributed by atoms with E-state index in [0.717, 1.165) is 13.1 Å². The molecule has 0 saturated carbocycles. The number of hydrogen-bond acceptors (Lipinski definition) is 4. The zero-order valence-corrected chi connectivity index (χ0v) is 15.4. The molecule has 1 saturated heterocycles. The summed E-state index contributed by atoms with van der Waals surface area (Å²) in [5.41, 5.74) is 0.670. The fourth-order valence-electron chi connectivity index (χ4n) is 2.72. The minimum absolute atomic E-state index is 0.000718. The van der Waals surface area contributed by atoms with E-state index in [2.05, 4.69) is 27.7 Å². The standard InChI is InChI=1S/C19H29N3O3/c1-19(2,3)18(24)21-14-17(23)20-13-16(15-7-5-4-6-8-15)22-9-11-25-12-10-22/h4-8,16H,9-14H2,1-3H3,(H,20,23)(H,21,24). The third-order valence-corrected chi connectivity index (χ3v) is 4.25. The Bertz CT molecular complexity index is 563. The summed E-state index contributed by atoms with van der Waals surface area (Å²) < 4.78 is 5.43. The van der Waals surface area contributed by atoms with Crippen molar-refractivity contribution >= 4 is 11.8 Å². The van der Waals surface area contributed by atoms with Crippen LogP contribution in [0, 0.1) is 5.41 Å². The Morgan fingerprint density at radius 2 is 1.76 bits per heavy atom. The highest BCUT2D eigenvalue weighted by Gasteiger charge is 2.24. The lowest BCUT2D eigenvalue weighted by Crippen LogP contribution is -2.46. The van der Waals surface area contributed by atoms with Crippen molar-refractivity contribution in [1.82, 2.24) is 15.5 Å². The van der Waals surface area contributed by atoms with Gasteiger partial charge >= 0.3 is 0 Å². The minimum Gasteiger partial charge on any atom is -0.379 e. The number of carbonyl (C=O) groups excluding carboxylic acids is 2. The molecule has 2 rings (SSSR count). The molecule has 1 heterocycles. The van der Waals surface area contributed by atoms with E-state index >= 15 is 0 Å². The lowest BCUT2D eigenvalue weighted by molar-refractivity contribution is -0.131. The molecule has 2 amide bonds. The van der Waals surface area contributed by atoms with Crippen LogP contribution in [0.3, 0.4) is 0 Å². The van der Waals surface area contributed by atoms with E-state index in [1.54, 1.807) is 0 Å². The zero-order valence-electron chi connectivity index (χ0n) is 15.4. The Kier molecular flexibility index (Phi) is 6.96. The zero-order chi connectivity index (χ0) is 18.3. The fourth-order valence-corrected chi connectivity index (χ4v) is 2.72. The summed E-state index contributed by atoms with van der Waals surface area (Å²) in [6.07, 6.45) is 0. The summed E-state index contributed by atoms with van der Waals surface area (Å²) in [7, 11) is 0. The van der Waals surface area contributed by atoms with Crippen LogP contribution in [0.2, 0.25) is 0 Å². The number of nitrogens with zero attached hydrogens (tertiary/aromatic N) is 1. The molecule has 0 bridgehead atoms. The van der Waals surface area contributed by atoms with Crippen LogP contribution in [0.1, 0.15) is 32.4 Å². The van der Waals surface area contributed by atoms with Crippen molar-refractivity contribution in [1.29, 1.82) is 0 Å². The van der Waals surface area contributed by atoms with Crippen LogP contribution in [-0.2, 0) is 14.3 Å². The quantitative estimate of drug-likeness (QED) is 0.815. The Morgan fingerprint density at radius 1 is 1.12 bits per heavy atom. The van der Waals surface area contributed by atoms with Gasteiger partial charge < -0.3 is 15.4 Å². The fraction of sp³-hybridized carbons (Fsp3) is 0.579. The molecule has 138 valence electrons. The van der Waals surface area contributed by atoms with Gasteiger partial charge in [0.15, 0.2) is 0 Å². The van der Waals surface area contributed by atoms with E-state index in [4.69, 9.17) is 4.74 Å². The number of morpholine rings is 1. The van der Waals surface area contributed by atoms with Gasteiger partial charge in [0, 0.05) is 25.0 Å². The molecule has 6 nitrogen and oxygen atoms in total. The first-order chi connectivity index (χ1) is 11.9. The van der Waals surface area contributed by atoms with Crippen LogP contribution in [-0.4, -0.2) is 56.1 Å². The number of hydrogen-bond donors (Lipinski definition) is 2. The first kappa shape index (κ1) is 19.4. The van der Waals surface area contributed by atoms with Crippen molar-refractivity contribution in [3.8, 4) is 0 Å². The summed E-state index contributed by atoms with van der Waals surface area (Å²) in [6, 6.07) is 10.3. The number of benzene rings is 1. The van der Waals surface area contributed by atoms with Crippen LogP contribution in [0.5, 0.6) is 0 Å². The summed E-state index contributed by atoms with van der Waals surface area (Å²) >= 11 is 0. The summed E-state index contributed by atoms with van der Waals surface area (Å²) in [6.45, 7) is 9.08. The molecule has 1 aliphatic heterocycles. The number of rotatable bonds is 6. The molecular weight excluding hydrogens is 318 g/mol. The maximum atomic E-state index is 12.1. The maximum absolute atomic E-state index is 12.1. The third kappa shape index (κ3) is 6.14. The van der Waals surface area contributed by atoms with E-state index in [1.165, 1.54) is 5.56 Å². The smallest absolute Gasteiger partial charge is 0.239 e. The van der Waals surface area contributed by atoms with Gasteiger partial charge in [-0.15, -0.1) is 0 Å². The molecule has 1 aliphatic rings. The Labute approximate surface area is 149 Å². The molecule has 6 heteroatoms. The lowest BCUT2D eigenvalue weighted by atomic mass is 9.96. The Balaban J connectivity index is 1.91. The van der Waals surface area contributed by atoms with Gasteiger partial charge in [-0.1, -0.05) is 51.1 Å². The van der Waals surface area contributed by atoms with Crippen molar-refractivity contribution < 1.29 is 14.3 Å². The molecule has 0 aliphatic carbocycles. The Hall–Kier alpha value is -1.92. The molecular formula is C19H29N3O3. The molecule has 0 aromatic heterocycles.